The number of methoxy groups -OCH3 is 1. The largest absolute Gasteiger partial charge is 0.496 e. The van der Waals surface area contributed by atoms with Gasteiger partial charge in [-0.2, -0.15) is 0 Å². The van der Waals surface area contributed by atoms with E-state index in [9.17, 15) is 0 Å². The first-order valence-electron chi connectivity index (χ1n) is 6.67. The smallest absolute Gasteiger partial charge is 0.122 e. The SMILES string of the molecule is COc1ccc2c(c1C(C)C)CCC(C)=CC=C2. The lowest BCUT2D eigenvalue weighted by molar-refractivity contribution is 0.406. The molecule has 1 nitrogen and oxygen atoms in total. The molecule has 0 saturated carbocycles. The number of allylic oxidation sites excluding steroid dienone is 3. The first-order chi connectivity index (χ1) is 8.63. The highest BCUT2D eigenvalue weighted by atomic mass is 16.5. The number of ether oxygens (including phenoxy) is 1. The van der Waals surface area contributed by atoms with Crippen molar-refractivity contribution >= 4 is 6.08 Å². The van der Waals surface area contributed by atoms with E-state index in [1.807, 2.05) is 0 Å². The third kappa shape index (κ3) is 2.50. The van der Waals surface area contributed by atoms with Crippen molar-refractivity contribution in [2.75, 3.05) is 7.11 Å². The second-order valence-corrected chi connectivity index (χ2v) is 5.28. The van der Waals surface area contributed by atoms with Crippen molar-refractivity contribution in [2.24, 2.45) is 0 Å². The van der Waals surface area contributed by atoms with Crippen molar-refractivity contribution in [3.63, 3.8) is 0 Å². The van der Waals surface area contributed by atoms with Crippen LogP contribution in [0.1, 0.15) is 49.8 Å². The van der Waals surface area contributed by atoms with Gasteiger partial charge in [-0.25, -0.2) is 0 Å². The molecule has 96 valence electrons. The van der Waals surface area contributed by atoms with Crippen LogP contribution in [0, 0.1) is 0 Å². The van der Waals surface area contributed by atoms with E-state index in [0.717, 1.165) is 18.6 Å². The predicted octanol–water partition coefficient (Wildman–Crippen LogP) is 4.72. The Morgan fingerprint density at radius 2 is 1.94 bits per heavy atom. The lowest BCUT2D eigenvalue weighted by Gasteiger charge is -2.20. The van der Waals surface area contributed by atoms with Crippen LogP contribution in [0.25, 0.3) is 6.08 Å². The zero-order chi connectivity index (χ0) is 13.1. The van der Waals surface area contributed by atoms with Gasteiger partial charge in [-0.1, -0.05) is 43.7 Å². The van der Waals surface area contributed by atoms with E-state index in [1.54, 1.807) is 7.11 Å². The molecule has 0 aliphatic heterocycles. The minimum atomic E-state index is 0.493. The van der Waals surface area contributed by atoms with Gasteiger partial charge in [-0.3, -0.25) is 0 Å². The van der Waals surface area contributed by atoms with Crippen LogP contribution in [-0.4, -0.2) is 7.11 Å². The molecule has 18 heavy (non-hydrogen) atoms. The second-order valence-electron chi connectivity index (χ2n) is 5.28. The van der Waals surface area contributed by atoms with Crippen LogP contribution in [0.15, 0.2) is 29.9 Å². The number of fused-ring (bicyclic) bond motifs is 1. The first-order valence-corrected chi connectivity index (χ1v) is 6.67. The van der Waals surface area contributed by atoms with Crippen LogP contribution in [0.3, 0.4) is 0 Å². The fraction of sp³-hybridized carbons (Fsp3) is 0.412. The Balaban J connectivity index is 2.57. The summed E-state index contributed by atoms with van der Waals surface area (Å²) in [6, 6.07) is 4.27. The van der Waals surface area contributed by atoms with Crippen LogP contribution in [-0.2, 0) is 6.42 Å². The molecule has 0 spiro atoms. The lowest BCUT2D eigenvalue weighted by Crippen LogP contribution is -2.04. The maximum Gasteiger partial charge on any atom is 0.122 e. The number of benzene rings is 1. The van der Waals surface area contributed by atoms with Gasteiger partial charge in [-0.05, 0) is 42.9 Å². The van der Waals surface area contributed by atoms with Gasteiger partial charge >= 0.3 is 0 Å². The van der Waals surface area contributed by atoms with Crippen molar-refractivity contribution < 1.29 is 4.74 Å². The van der Waals surface area contributed by atoms with E-state index in [0.29, 0.717) is 5.92 Å². The summed E-state index contributed by atoms with van der Waals surface area (Å²) < 4.78 is 5.53. The van der Waals surface area contributed by atoms with Crippen molar-refractivity contribution in [3.05, 3.63) is 46.5 Å². The van der Waals surface area contributed by atoms with Gasteiger partial charge in [0, 0.05) is 5.56 Å². The minimum absolute atomic E-state index is 0.493. The van der Waals surface area contributed by atoms with E-state index in [2.05, 4.69) is 51.1 Å². The lowest BCUT2D eigenvalue weighted by atomic mass is 9.87. The van der Waals surface area contributed by atoms with Crippen molar-refractivity contribution in [3.8, 4) is 5.75 Å². The van der Waals surface area contributed by atoms with Crippen molar-refractivity contribution in [2.45, 2.75) is 39.5 Å². The van der Waals surface area contributed by atoms with Crippen LogP contribution < -0.4 is 4.74 Å². The van der Waals surface area contributed by atoms with E-state index in [1.165, 1.54) is 22.3 Å². The maximum absolute atomic E-state index is 5.53. The summed E-state index contributed by atoms with van der Waals surface area (Å²) in [4.78, 5) is 0. The topological polar surface area (TPSA) is 9.23 Å². The van der Waals surface area contributed by atoms with Gasteiger partial charge < -0.3 is 4.74 Å². The summed E-state index contributed by atoms with van der Waals surface area (Å²) in [5.74, 6) is 1.52. The molecule has 0 fully saturated rings. The molecule has 0 N–H and O–H groups in total. The summed E-state index contributed by atoms with van der Waals surface area (Å²) in [6.45, 7) is 6.68. The third-order valence-corrected chi connectivity index (χ3v) is 3.58. The van der Waals surface area contributed by atoms with E-state index in [4.69, 9.17) is 4.74 Å². The van der Waals surface area contributed by atoms with Gasteiger partial charge in [0.15, 0.2) is 0 Å². The highest BCUT2D eigenvalue weighted by molar-refractivity contribution is 5.62. The second kappa shape index (κ2) is 5.43. The van der Waals surface area contributed by atoms with Crippen molar-refractivity contribution in [1.82, 2.24) is 0 Å². The summed E-state index contributed by atoms with van der Waals surface area (Å²) in [5, 5.41) is 0. The van der Waals surface area contributed by atoms with Crippen molar-refractivity contribution in [1.29, 1.82) is 0 Å². The number of hydrogen-bond acceptors (Lipinski definition) is 1. The minimum Gasteiger partial charge on any atom is -0.496 e. The molecule has 0 aromatic heterocycles. The fourth-order valence-electron chi connectivity index (χ4n) is 2.63. The fourth-order valence-corrected chi connectivity index (χ4v) is 2.63. The summed E-state index contributed by atoms with van der Waals surface area (Å²) >= 11 is 0. The third-order valence-electron chi connectivity index (χ3n) is 3.58. The van der Waals surface area contributed by atoms with Crippen LogP contribution >= 0.6 is 0 Å². The molecule has 1 aliphatic carbocycles. The van der Waals surface area contributed by atoms with E-state index in [-0.39, 0.29) is 0 Å². The van der Waals surface area contributed by atoms with Gasteiger partial charge in [0.2, 0.25) is 0 Å². The Hall–Kier alpha value is -1.50. The van der Waals surface area contributed by atoms with Crippen LogP contribution in [0.4, 0.5) is 0 Å². The zero-order valence-electron chi connectivity index (χ0n) is 11.8. The molecule has 0 atom stereocenters. The molecule has 1 aromatic rings. The molecule has 1 aliphatic rings. The van der Waals surface area contributed by atoms with Crippen LogP contribution in [0.5, 0.6) is 5.75 Å². The quantitative estimate of drug-likeness (QED) is 0.729. The van der Waals surface area contributed by atoms with E-state index < -0.39 is 0 Å². The zero-order valence-corrected chi connectivity index (χ0v) is 11.8. The Morgan fingerprint density at radius 1 is 1.17 bits per heavy atom. The molecule has 0 bridgehead atoms. The van der Waals surface area contributed by atoms with Gasteiger partial charge in [-0.15, -0.1) is 0 Å². The molecule has 0 heterocycles. The Kier molecular flexibility index (Phi) is 3.90. The molecule has 0 unspecified atom stereocenters. The van der Waals surface area contributed by atoms with Gasteiger partial charge in [0.25, 0.3) is 0 Å². The highest BCUT2D eigenvalue weighted by Gasteiger charge is 2.16. The molecular weight excluding hydrogens is 220 g/mol. The summed E-state index contributed by atoms with van der Waals surface area (Å²) in [6.07, 6.45) is 8.81. The van der Waals surface area contributed by atoms with E-state index >= 15 is 0 Å². The molecule has 0 amide bonds. The standard InChI is InChI=1S/C17H22O/c1-12(2)17-15-10-8-13(3)6-5-7-14(15)9-11-16(17)18-4/h5-7,9,11-12H,8,10H2,1-4H3. The molecule has 2 rings (SSSR count). The Labute approximate surface area is 110 Å². The average Bonchev–Trinajstić information content (AvgIpc) is 2.33. The molecule has 1 heteroatoms. The molecular formula is C17H22O. The molecule has 1 aromatic carbocycles. The Morgan fingerprint density at radius 3 is 2.61 bits per heavy atom. The average molecular weight is 242 g/mol. The van der Waals surface area contributed by atoms with Gasteiger partial charge in [0.1, 0.15) is 5.75 Å². The number of hydrogen-bond donors (Lipinski definition) is 0. The maximum atomic E-state index is 5.53. The van der Waals surface area contributed by atoms with Gasteiger partial charge in [0.05, 0.1) is 7.11 Å². The summed E-state index contributed by atoms with van der Waals surface area (Å²) in [7, 11) is 1.76. The molecule has 0 radical (unpaired) electrons. The Bertz CT molecular complexity index is 493. The number of rotatable bonds is 2. The molecule has 0 saturated heterocycles. The first kappa shape index (κ1) is 12.9. The monoisotopic (exact) mass is 242 g/mol. The highest BCUT2D eigenvalue weighted by Crippen LogP contribution is 2.34. The summed E-state index contributed by atoms with van der Waals surface area (Å²) in [5.41, 5.74) is 5.60. The predicted molar refractivity (Wildman–Crippen MR) is 78.2 cm³/mol. The normalized spacial score (nSPS) is 14.8. The van der Waals surface area contributed by atoms with Crippen LogP contribution in [0.2, 0.25) is 0 Å².